The number of benzene rings is 2. The Balaban J connectivity index is 1.71. The zero-order valence-corrected chi connectivity index (χ0v) is 12.6. The molecule has 1 saturated carbocycles. The Morgan fingerprint density at radius 3 is 2.05 bits per heavy atom. The molecule has 2 atom stereocenters. The summed E-state index contributed by atoms with van der Waals surface area (Å²) in [5, 5.41) is 0. The molecule has 1 aliphatic carbocycles. The molecule has 2 heteroatoms. The van der Waals surface area contributed by atoms with E-state index in [-0.39, 0.29) is 23.4 Å². The van der Waals surface area contributed by atoms with Gasteiger partial charge < -0.3 is 0 Å². The first-order valence-corrected chi connectivity index (χ1v) is 7.93. The van der Waals surface area contributed by atoms with Gasteiger partial charge in [0.1, 0.15) is 0 Å². The maximum atomic E-state index is 12.7. The molecule has 3 rings (SSSR count). The minimum atomic E-state index is -0.00457. The lowest BCUT2D eigenvalue weighted by Crippen LogP contribution is -2.21. The third-order valence-electron chi connectivity index (χ3n) is 4.60. The van der Waals surface area contributed by atoms with E-state index in [1.165, 1.54) is 0 Å². The first-order valence-electron chi connectivity index (χ1n) is 7.93. The zero-order chi connectivity index (χ0) is 15.4. The van der Waals surface area contributed by atoms with Gasteiger partial charge in [-0.2, -0.15) is 0 Å². The highest BCUT2D eigenvalue weighted by atomic mass is 16.1. The molecule has 2 unspecified atom stereocenters. The van der Waals surface area contributed by atoms with Crippen LogP contribution < -0.4 is 0 Å². The second-order valence-electron chi connectivity index (χ2n) is 6.02. The van der Waals surface area contributed by atoms with Crippen LogP contribution in [0, 0.1) is 11.8 Å². The van der Waals surface area contributed by atoms with Crippen LogP contribution in [-0.4, -0.2) is 11.6 Å². The van der Waals surface area contributed by atoms with E-state index in [1.54, 1.807) is 0 Å². The predicted octanol–water partition coefficient (Wildman–Crippen LogP) is 4.56. The van der Waals surface area contributed by atoms with Crippen molar-refractivity contribution in [3.63, 3.8) is 0 Å². The predicted molar refractivity (Wildman–Crippen MR) is 87.0 cm³/mol. The minimum Gasteiger partial charge on any atom is -0.294 e. The molecular weight excluding hydrogens is 272 g/mol. The molecule has 0 heterocycles. The minimum absolute atomic E-state index is 0.00457. The molecule has 1 aliphatic rings. The normalized spacial score (nSPS) is 20.7. The van der Waals surface area contributed by atoms with Crippen molar-refractivity contribution >= 4 is 11.6 Å². The van der Waals surface area contributed by atoms with Crippen LogP contribution in [0.1, 0.15) is 46.4 Å². The second kappa shape index (κ2) is 6.69. The average molecular weight is 292 g/mol. The largest absolute Gasteiger partial charge is 0.294 e. The number of carbonyl (C=O) groups is 2. The first kappa shape index (κ1) is 14.7. The second-order valence-corrected chi connectivity index (χ2v) is 6.02. The summed E-state index contributed by atoms with van der Waals surface area (Å²) >= 11 is 0. The Labute approximate surface area is 131 Å². The van der Waals surface area contributed by atoms with E-state index in [0.717, 1.165) is 30.4 Å². The highest BCUT2D eigenvalue weighted by Crippen LogP contribution is 2.37. The average Bonchev–Trinajstić information content (AvgIpc) is 3.04. The molecule has 0 aromatic heterocycles. The third kappa shape index (κ3) is 3.16. The van der Waals surface area contributed by atoms with Crippen LogP contribution in [0.15, 0.2) is 60.7 Å². The van der Waals surface area contributed by atoms with Crippen molar-refractivity contribution in [2.24, 2.45) is 11.8 Å². The van der Waals surface area contributed by atoms with E-state index in [1.807, 2.05) is 60.7 Å². The molecule has 0 amide bonds. The van der Waals surface area contributed by atoms with Crippen LogP contribution in [-0.2, 0) is 0 Å². The lowest BCUT2D eigenvalue weighted by Gasteiger charge is -2.18. The molecule has 0 aliphatic heterocycles. The fourth-order valence-corrected chi connectivity index (χ4v) is 3.42. The molecule has 0 N–H and O–H groups in total. The summed E-state index contributed by atoms with van der Waals surface area (Å²) in [6.07, 6.45) is 3.39. The van der Waals surface area contributed by atoms with Crippen molar-refractivity contribution in [1.29, 1.82) is 0 Å². The Morgan fingerprint density at radius 2 is 1.41 bits per heavy atom. The maximum absolute atomic E-state index is 12.7. The Hall–Kier alpha value is -2.22. The fourth-order valence-electron chi connectivity index (χ4n) is 3.42. The topological polar surface area (TPSA) is 34.1 Å². The van der Waals surface area contributed by atoms with Gasteiger partial charge >= 0.3 is 0 Å². The van der Waals surface area contributed by atoms with Gasteiger partial charge in [-0.15, -0.1) is 0 Å². The molecule has 0 radical (unpaired) electrons. The van der Waals surface area contributed by atoms with Gasteiger partial charge in [0.25, 0.3) is 0 Å². The molecule has 2 aromatic rings. The van der Waals surface area contributed by atoms with Gasteiger partial charge in [0.05, 0.1) is 0 Å². The van der Waals surface area contributed by atoms with Crippen molar-refractivity contribution in [3.05, 3.63) is 71.8 Å². The maximum Gasteiger partial charge on any atom is 0.166 e. The molecule has 0 saturated heterocycles. The summed E-state index contributed by atoms with van der Waals surface area (Å²) in [6, 6.07) is 18.8. The van der Waals surface area contributed by atoms with E-state index >= 15 is 0 Å². The summed E-state index contributed by atoms with van der Waals surface area (Å²) in [7, 11) is 0. The molecule has 1 fully saturated rings. The quantitative estimate of drug-likeness (QED) is 0.757. The fraction of sp³-hybridized carbons (Fsp3) is 0.300. The molecule has 2 aromatic carbocycles. The van der Waals surface area contributed by atoms with Gasteiger partial charge in [0.15, 0.2) is 11.6 Å². The summed E-state index contributed by atoms with van der Waals surface area (Å²) < 4.78 is 0. The number of hydrogen-bond donors (Lipinski definition) is 0. The summed E-state index contributed by atoms with van der Waals surface area (Å²) in [4.78, 5) is 25.1. The Bertz CT molecular complexity index is 646. The number of carbonyl (C=O) groups excluding carboxylic acids is 2. The molecule has 0 bridgehead atoms. The first-order chi connectivity index (χ1) is 10.8. The van der Waals surface area contributed by atoms with Gasteiger partial charge in [-0.1, -0.05) is 67.1 Å². The summed E-state index contributed by atoms with van der Waals surface area (Å²) in [5.74, 6) is 0.526. The van der Waals surface area contributed by atoms with Crippen molar-refractivity contribution in [1.82, 2.24) is 0 Å². The third-order valence-corrected chi connectivity index (χ3v) is 4.60. The number of hydrogen-bond acceptors (Lipinski definition) is 2. The zero-order valence-electron chi connectivity index (χ0n) is 12.6. The molecule has 112 valence electrons. The van der Waals surface area contributed by atoms with Crippen molar-refractivity contribution < 1.29 is 9.59 Å². The Morgan fingerprint density at radius 1 is 0.818 bits per heavy atom. The molecule has 22 heavy (non-hydrogen) atoms. The SMILES string of the molecule is O=C(CC1CCCC1C(=O)c1ccccc1)c1ccccc1. The van der Waals surface area contributed by atoms with Crippen molar-refractivity contribution in [2.75, 3.05) is 0 Å². The highest BCUT2D eigenvalue weighted by Gasteiger charge is 2.34. The van der Waals surface area contributed by atoms with Gasteiger partial charge in [-0.25, -0.2) is 0 Å². The van der Waals surface area contributed by atoms with E-state index in [4.69, 9.17) is 0 Å². The van der Waals surface area contributed by atoms with E-state index in [9.17, 15) is 9.59 Å². The molecule has 0 spiro atoms. The standard InChI is InChI=1S/C20H20O2/c21-19(15-8-3-1-4-9-15)14-17-12-7-13-18(17)20(22)16-10-5-2-6-11-16/h1-6,8-11,17-18H,7,12-14H2. The van der Waals surface area contributed by atoms with Crippen LogP contribution in [0.3, 0.4) is 0 Å². The van der Waals surface area contributed by atoms with E-state index < -0.39 is 0 Å². The smallest absolute Gasteiger partial charge is 0.166 e. The van der Waals surface area contributed by atoms with Crippen LogP contribution in [0.4, 0.5) is 0 Å². The van der Waals surface area contributed by atoms with Crippen LogP contribution in [0.25, 0.3) is 0 Å². The van der Waals surface area contributed by atoms with Gasteiger partial charge in [0, 0.05) is 23.5 Å². The summed E-state index contributed by atoms with van der Waals surface area (Å²) in [6.45, 7) is 0. The monoisotopic (exact) mass is 292 g/mol. The lowest BCUT2D eigenvalue weighted by molar-refractivity contribution is 0.0861. The van der Waals surface area contributed by atoms with Crippen LogP contribution >= 0.6 is 0 Å². The van der Waals surface area contributed by atoms with Crippen molar-refractivity contribution in [3.8, 4) is 0 Å². The van der Waals surface area contributed by atoms with Crippen LogP contribution in [0.2, 0.25) is 0 Å². The number of ketones is 2. The molecule has 2 nitrogen and oxygen atoms in total. The van der Waals surface area contributed by atoms with Crippen molar-refractivity contribution in [2.45, 2.75) is 25.7 Å². The lowest BCUT2D eigenvalue weighted by atomic mass is 9.84. The van der Waals surface area contributed by atoms with Gasteiger partial charge in [-0.3, -0.25) is 9.59 Å². The van der Waals surface area contributed by atoms with Crippen LogP contribution in [0.5, 0.6) is 0 Å². The number of rotatable bonds is 5. The summed E-state index contributed by atoms with van der Waals surface area (Å²) in [5.41, 5.74) is 1.52. The number of Topliss-reactive ketones (excluding diaryl/α,β-unsaturated/α-hetero) is 2. The highest BCUT2D eigenvalue weighted by molar-refractivity contribution is 6.00. The Kier molecular flexibility index (Phi) is 4.47. The molecular formula is C20H20O2. The van der Waals surface area contributed by atoms with E-state index in [0.29, 0.717) is 6.42 Å². The van der Waals surface area contributed by atoms with Gasteiger partial charge in [0.2, 0.25) is 0 Å². The van der Waals surface area contributed by atoms with Gasteiger partial charge in [-0.05, 0) is 18.8 Å². The van der Waals surface area contributed by atoms with E-state index in [2.05, 4.69) is 0 Å².